The quantitative estimate of drug-likeness (QED) is 0.375. The van der Waals surface area contributed by atoms with E-state index in [1.54, 1.807) is 0 Å². The number of methoxy groups -OCH3 is 2. The molecule has 1 unspecified atom stereocenters. The van der Waals surface area contributed by atoms with Crippen LogP contribution in [0.5, 0.6) is 0 Å². The van der Waals surface area contributed by atoms with Crippen molar-refractivity contribution in [2.24, 2.45) is 5.84 Å². The molecule has 0 aliphatic rings. The Balaban J connectivity index is 3.19. The standard InChI is InChI=1S/C11H14F4N2O2/c1-18-10(19-2)9(17-16)6-3-4-8(12)7(5-6)11(13,14)15/h3-5,9-10,17H,16H2,1-2H3. The Hall–Kier alpha value is -1.22. The Bertz CT molecular complexity index is 422. The van der Waals surface area contributed by atoms with E-state index in [4.69, 9.17) is 15.3 Å². The highest BCUT2D eigenvalue weighted by atomic mass is 19.4. The van der Waals surface area contributed by atoms with Gasteiger partial charge in [-0.05, 0) is 17.7 Å². The predicted octanol–water partition coefficient (Wildman–Crippen LogP) is 1.97. The molecule has 0 heterocycles. The largest absolute Gasteiger partial charge is 0.419 e. The van der Waals surface area contributed by atoms with Crippen LogP contribution in [0.25, 0.3) is 0 Å². The Labute approximate surface area is 107 Å². The fourth-order valence-electron chi connectivity index (χ4n) is 1.65. The van der Waals surface area contributed by atoms with Gasteiger partial charge in [-0.15, -0.1) is 0 Å². The summed E-state index contributed by atoms with van der Waals surface area (Å²) in [6.07, 6.45) is -5.69. The van der Waals surface area contributed by atoms with Gasteiger partial charge >= 0.3 is 6.18 Å². The van der Waals surface area contributed by atoms with E-state index in [1.807, 2.05) is 0 Å². The van der Waals surface area contributed by atoms with E-state index in [-0.39, 0.29) is 5.56 Å². The number of nitrogens with one attached hydrogen (secondary N) is 1. The molecule has 0 fully saturated rings. The van der Waals surface area contributed by atoms with Crippen LogP contribution < -0.4 is 11.3 Å². The van der Waals surface area contributed by atoms with Gasteiger partial charge in [-0.2, -0.15) is 13.2 Å². The van der Waals surface area contributed by atoms with Crippen molar-refractivity contribution >= 4 is 0 Å². The summed E-state index contributed by atoms with van der Waals surface area (Å²) in [4.78, 5) is 0. The highest BCUT2D eigenvalue weighted by Gasteiger charge is 2.35. The predicted molar refractivity (Wildman–Crippen MR) is 59.3 cm³/mol. The summed E-state index contributed by atoms with van der Waals surface area (Å²) >= 11 is 0. The third-order valence-corrected chi connectivity index (χ3v) is 2.57. The van der Waals surface area contributed by atoms with Crippen molar-refractivity contribution in [3.63, 3.8) is 0 Å². The van der Waals surface area contributed by atoms with Crippen molar-refractivity contribution in [1.29, 1.82) is 0 Å². The number of halogens is 4. The van der Waals surface area contributed by atoms with Crippen molar-refractivity contribution < 1.29 is 27.0 Å². The summed E-state index contributed by atoms with van der Waals surface area (Å²) in [5.41, 5.74) is 1.02. The number of alkyl halides is 3. The van der Waals surface area contributed by atoms with Crippen LogP contribution >= 0.6 is 0 Å². The third kappa shape index (κ3) is 3.63. The van der Waals surface area contributed by atoms with E-state index in [2.05, 4.69) is 5.43 Å². The zero-order valence-corrected chi connectivity index (χ0v) is 10.3. The molecule has 0 bridgehead atoms. The van der Waals surface area contributed by atoms with Crippen LogP contribution in [0.3, 0.4) is 0 Å². The molecular formula is C11H14F4N2O2. The maximum absolute atomic E-state index is 13.2. The molecule has 0 aliphatic carbocycles. The smallest absolute Gasteiger partial charge is 0.354 e. The minimum atomic E-state index is -4.78. The molecule has 108 valence electrons. The van der Waals surface area contributed by atoms with Gasteiger partial charge < -0.3 is 9.47 Å². The first kappa shape index (κ1) is 15.8. The van der Waals surface area contributed by atoms with Gasteiger partial charge in [0.05, 0.1) is 11.6 Å². The number of benzene rings is 1. The van der Waals surface area contributed by atoms with Crippen molar-refractivity contribution in [3.05, 3.63) is 35.1 Å². The molecule has 0 saturated carbocycles. The lowest BCUT2D eigenvalue weighted by atomic mass is 10.0. The molecule has 4 nitrogen and oxygen atoms in total. The van der Waals surface area contributed by atoms with Gasteiger partial charge in [-0.25, -0.2) is 9.82 Å². The van der Waals surface area contributed by atoms with E-state index >= 15 is 0 Å². The lowest BCUT2D eigenvalue weighted by Gasteiger charge is -2.25. The Morgan fingerprint density at radius 3 is 2.21 bits per heavy atom. The monoisotopic (exact) mass is 282 g/mol. The van der Waals surface area contributed by atoms with Crippen LogP contribution in [0, 0.1) is 5.82 Å². The number of hydrogen-bond donors (Lipinski definition) is 2. The lowest BCUT2D eigenvalue weighted by molar-refractivity contribution is -0.140. The minimum Gasteiger partial charge on any atom is -0.354 e. The van der Waals surface area contributed by atoms with Crippen LogP contribution in [0.4, 0.5) is 17.6 Å². The zero-order valence-electron chi connectivity index (χ0n) is 10.3. The Kier molecular flexibility index (Phi) is 5.24. The van der Waals surface area contributed by atoms with Crippen molar-refractivity contribution in [2.75, 3.05) is 14.2 Å². The fourth-order valence-corrected chi connectivity index (χ4v) is 1.65. The van der Waals surface area contributed by atoms with Crippen LogP contribution in [-0.4, -0.2) is 20.5 Å². The zero-order chi connectivity index (χ0) is 14.6. The molecular weight excluding hydrogens is 268 g/mol. The van der Waals surface area contributed by atoms with Crippen molar-refractivity contribution in [2.45, 2.75) is 18.5 Å². The highest BCUT2D eigenvalue weighted by molar-refractivity contribution is 5.29. The van der Waals surface area contributed by atoms with Gasteiger partial charge in [0.25, 0.3) is 0 Å². The van der Waals surface area contributed by atoms with Gasteiger partial charge in [0.15, 0.2) is 6.29 Å². The minimum absolute atomic E-state index is 0.102. The van der Waals surface area contributed by atoms with E-state index < -0.39 is 29.9 Å². The summed E-state index contributed by atoms with van der Waals surface area (Å²) in [7, 11) is 2.62. The molecule has 1 atom stereocenters. The average molecular weight is 282 g/mol. The number of hydrogen-bond acceptors (Lipinski definition) is 4. The van der Waals surface area contributed by atoms with Crippen LogP contribution in [-0.2, 0) is 15.7 Å². The number of ether oxygens (including phenoxy) is 2. The van der Waals surface area contributed by atoms with E-state index in [9.17, 15) is 17.6 Å². The number of hydrazine groups is 1. The molecule has 1 aromatic rings. The molecule has 0 aliphatic heterocycles. The second-order valence-corrected chi connectivity index (χ2v) is 3.72. The van der Waals surface area contributed by atoms with Gasteiger partial charge in [0, 0.05) is 14.2 Å². The maximum atomic E-state index is 13.2. The lowest BCUT2D eigenvalue weighted by Crippen LogP contribution is -2.38. The van der Waals surface area contributed by atoms with E-state index in [0.29, 0.717) is 6.07 Å². The van der Waals surface area contributed by atoms with Gasteiger partial charge in [-0.3, -0.25) is 5.84 Å². The SMILES string of the molecule is COC(OC)C(NN)c1ccc(F)c(C(F)(F)F)c1. The third-order valence-electron chi connectivity index (χ3n) is 2.57. The summed E-state index contributed by atoms with van der Waals surface area (Å²) < 4.78 is 60.8. The first-order valence-electron chi connectivity index (χ1n) is 5.23. The summed E-state index contributed by atoms with van der Waals surface area (Å²) in [6.45, 7) is 0. The molecule has 19 heavy (non-hydrogen) atoms. The first-order chi connectivity index (χ1) is 8.85. The van der Waals surface area contributed by atoms with Crippen molar-refractivity contribution in [1.82, 2.24) is 5.43 Å². The summed E-state index contributed by atoms with van der Waals surface area (Å²) in [6, 6.07) is 1.72. The Morgan fingerprint density at radius 1 is 1.21 bits per heavy atom. The van der Waals surface area contributed by atoms with Gasteiger partial charge in [0.2, 0.25) is 0 Å². The summed E-state index contributed by atoms with van der Waals surface area (Å²) in [5, 5.41) is 0. The second kappa shape index (κ2) is 6.29. The molecule has 8 heteroatoms. The molecule has 0 amide bonds. The van der Waals surface area contributed by atoms with E-state index in [0.717, 1.165) is 6.07 Å². The van der Waals surface area contributed by atoms with Crippen molar-refractivity contribution in [3.8, 4) is 0 Å². The van der Waals surface area contributed by atoms with Crippen LogP contribution in [0.15, 0.2) is 18.2 Å². The van der Waals surface area contributed by atoms with Crippen LogP contribution in [0.1, 0.15) is 17.2 Å². The first-order valence-corrected chi connectivity index (χ1v) is 5.23. The Morgan fingerprint density at radius 2 is 1.79 bits per heavy atom. The second-order valence-electron chi connectivity index (χ2n) is 3.72. The number of nitrogens with two attached hydrogens (primary N) is 1. The fraction of sp³-hybridized carbons (Fsp3) is 0.455. The average Bonchev–Trinajstić information content (AvgIpc) is 2.35. The molecule has 0 spiro atoms. The molecule has 0 radical (unpaired) electrons. The van der Waals surface area contributed by atoms with Gasteiger partial charge in [-0.1, -0.05) is 6.07 Å². The molecule has 1 aromatic carbocycles. The highest BCUT2D eigenvalue weighted by Crippen LogP contribution is 2.33. The summed E-state index contributed by atoms with van der Waals surface area (Å²) in [5.74, 6) is 3.92. The molecule has 3 N–H and O–H groups in total. The number of rotatable bonds is 5. The molecule has 1 rings (SSSR count). The van der Waals surface area contributed by atoms with E-state index in [1.165, 1.54) is 20.3 Å². The molecule has 0 saturated heterocycles. The maximum Gasteiger partial charge on any atom is 0.419 e. The molecule has 0 aromatic heterocycles. The van der Waals surface area contributed by atoms with Crippen LogP contribution in [0.2, 0.25) is 0 Å². The topological polar surface area (TPSA) is 56.5 Å². The van der Waals surface area contributed by atoms with Gasteiger partial charge in [0.1, 0.15) is 5.82 Å². The normalized spacial score (nSPS) is 13.9.